The highest BCUT2D eigenvalue weighted by Gasteiger charge is 2.21. The van der Waals surface area contributed by atoms with E-state index in [1.54, 1.807) is 30.3 Å². The lowest BCUT2D eigenvalue weighted by molar-refractivity contribution is -0.139. The smallest absolute Gasteiger partial charge is 0.326 e. The molecule has 1 atom stereocenters. The fraction of sp³-hybridized carbons (Fsp3) is 0.176. The maximum Gasteiger partial charge on any atom is 0.326 e. The van der Waals surface area contributed by atoms with Gasteiger partial charge in [-0.3, -0.25) is 4.79 Å². The Bertz CT molecular complexity index is 700. The summed E-state index contributed by atoms with van der Waals surface area (Å²) in [5, 5.41) is 21.7. The largest absolute Gasteiger partial charge is 0.508 e. The van der Waals surface area contributed by atoms with Crippen LogP contribution in [0, 0.1) is 0 Å². The Morgan fingerprint density at radius 1 is 1.09 bits per heavy atom. The SMILES string of the molecule is O=C(N[C@@H](Cc1ccc(O)cc1)C(=O)O)c1cccc(CBr)c1. The van der Waals surface area contributed by atoms with Crippen LogP contribution >= 0.6 is 15.9 Å². The molecule has 3 N–H and O–H groups in total. The zero-order chi connectivity index (χ0) is 16.8. The van der Waals surface area contributed by atoms with Crippen LogP contribution in [-0.4, -0.2) is 28.1 Å². The van der Waals surface area contributed by atoms with Gasteiger partial charge in [0.05, 0.1) is 0 Å². The van der Waals surface area contributed by atoms with Crippen LogP contribution in [0.25, 0.3) is 0 Å². The van der Waals surface area contributed by atoms with Crippen LogP contribution in [0.4, 0.5) is 0 Å². The van der Waals surface area contributed by atoms with E-state index < -0.39 is 17.9 Å². The molecule has 6 heteroatoms. The minimum absolute atomic E-state index is 0.108. The molecule has 0 bridgehead atoms. The van der Waals surface area contributed by atoms with E-state index >= 15 is 0 Å². The highest BCUT2D eigenvalue weighted by atomic mass is 79.9. The van der Waals surface area contributed by atoms with E-state index in [9.17, 15) is 19.8 Å². The molecule has 2 aromatic rings. The van der Waals surface area contributed by atoms with E-state index in [1.807, 2.05) is 6.07 Å². The first-order valence-corrected chi connectivity index (χ1v) is 8.08. The Kier molecular flexibility index (Phi) is 5.76. The van der Waals surface area contributed by atoms with Gasteiger partial charge in [0.2, 0.25) is 0 Å². The summed E-state index contributed by atoms with van der Waals surface area (Å²) in [5.74, 6) is -1.43. The summed E-state index contributed by atoms with van der Waals surface area (Å²) in [6.45, 7) is 0. The van der Waals surface area contributed by atoms with E-state index in [0.717, 1.165) is 5.56 Å². The zero-order valence-corrected chi connectivity index (χ0v) is 13.8. The number of carboxylic acid groups (broad SMARTS) is 1. The number of hydrogen-bond acceptors (Lipinski definition) is 3. The van der Waals surface area contributed by atoms with Crippen LogP contribution in [0.2, 0.25) is 0 Å². The molecular formula is C17H16BrNO4. The average Bonchev–Trinajstić information content (AvgIpc) is 2.56. The van der Waals surface area contributed by atoms with Gasteiger partial charge in [-0.15, -0.1) is 0 Å². The topological polar surface area (TPSA) is 86.6 Å². The lowest BCUT2D eigenvalue weighted by atomic mass is 10.0. The van der Waals surface area contributed by atoms with Gasteiger partial charge in [0.1, 0.15) is 11.8 Å². The summed E-state index contributed by atoms with van der Waals surface area (Å²) >= 11 is 3.32. The molecule has 0 radical (unpaired) electrons. The molecule has 0 unspecified atom stereocenters. The van der Waals surface area contributed by atoms with Crippen LogP contribution in [0.15, 0.2) is 48.5 Å². The Morgan fingerprint density at radius 3 is 2.39 bits per heavy atom. The molecule has 2 aromatic carbocycles. The van der Waals surface area contributed by atoms with Gasteiger partial charge in [-0.1, -0.05) is 40.2 Å². The quantitative estimate of drug-likeness (QED) is 0.675. The van der Waals surface area contributed by atoms with Gasteiger partial charge in [0.15, 0.2) is 0 Å². The first kappa shape index (κ1) is 17.0. The van der Waals surface area contributed by atoms with E-state index in [0.29, 0.717) is 16.5 Å². The van der Waals surface area contributed by atoms with Crippen molar-refractivity contribution in [2.24, 2.45) is 0 Å². The fourth-order valence-corrected chi connectivity index (χ4v) is 2.45. The van der Waals surface area contributed by atoms with Crippen molar-refractivity contribution in [3.8, 4) is 5.75 Å². The number of phenols is 1. The number of aliphatic carboxylic acids is 1. The Morgan fingerprint density at radius 2 is 1.78 bits per heavy atom. The summed E-state index contributed by atoms with van der Waals surface area (Å²) < 4.78 is 0. The predicted octanol–water partition coefficient (Wildman–Crippen LogP) is 2.71. The van der Waals surface area contributed by atoms with Crippen LogP contribution < -0.4 is 5.32 Å². The summed E-state index contributed by atoms with van der Waals surface area (Å²) in [6, 6.07) is 12.2. The van der Waals surface area contributed by atoms with Crippen molar-refractivity contribution in [1.82, 2.24) is 5.32 Å². The number of carboxylic acids is 1. The first-order chi connectivity index (χ1) is 11.0. The highest BCUT2D eigenvalue weighted by Crippen LogP contribution is 2.13. The van der Waals surface area contributed by atoms with Gasteiger partial charge in [-0.2, -0.15) is 0 Å². The van der Waals surface area contributed by atoms with E-state index in [-0.39, 0.29) is 12.2 Å². The minimum Gasteiger partial charge on any atom is -0.508 e. The molecule has 0 fully saturated rings. The van der Waals surface area contributed by atoms with Crippen LogP contribution in [-0.2, 0) is 16.5 Å². The maximum atomic E-state index is 12.2. The molecule has 120 valence electrons. The van der Waals surface area contributed by atoms with Crippen LogP contribution in [0.3, 0.4) is 0 Å². The third-order valence-electron chi connectivity index (χ3n) is 3.32. The van der Waals surface area contributed by atoms with Crippen LogP contribution in [0.5, 0.6) is 5.75 Å². The highest BCUT2D eigenvalue weighted by molar-refractivity contribution is 9.08. The van der Waals surface area contributed by atoms with E-state index in [2.05, 4.69) is 21.2 Å². The summed E-state index contributed by atoms with van der Waals surface area (Å²) in [5.41, 5.74) is 2.06. The van der Waals surface area contributed by atoms with Crippen molar-refractivity contribution in [1.29, 1.82) is 0 Å². The number of benzene rings is 2. The number of nitrogens with one attached hydrogen (secondary N) is 1. The van der Waals surface area contributed by atoms with E-state index in [1.165, 1.54) is 12.1 Å². The number of carbonyl (C=O) groups is 2. The lowest BCUT2D eigenvalue weighted by Gasteiger charge is -2.15. The van der Waals surface area contributed by atoms with E-state index in [4.69, 9.17) is 0 Å². The van der Waals surface area contributed by atoms with Gasteiger partial charge >= 0.3 is 5.97 Å². The van der Waals surface area contributed by atoms with Crippen molar-refractivity contribution >= 4 is 27.8 Å². The molecule has 0 spiro atoms. The first-order valence-electron chi connectivity index (χ1n) is 6.96. The van der Waals surface area contributed by atoms with Crippen molar-refractivity contribution in [2.45, 2.75) is 17.8 Å². The molecule has 23 heavy (non-hydrogen) atoms. The molecule has 0 aliphatic heterocycles. The molecule has 0 saturated carbocycles. The Balaban J connectivity index is 2.10. The summed E-state index contributed by atoms with van der Waals surface area (Å²) in [4.78, 5) is 23.6. The second-order valence-corrected chi connectivity index (χ2v) is 5.63. The van der Waals surface area contributed by atoms with Gasteiger partial charge in [-0.05, 0) is 35.4 Å². The zero-order valence-electron chi connectivity index (χ0n) is 12.2. The number of phenolic OH excluding ortho intramolecular Hbond substituents is 1. The molecule has 0 aliphatic carbocycles. The van der Waals surface area contributed by atoms with Crippen molar-refractivity contribution in [3.05, 3.63) is 65.2 Å². The molecule has 5 nitrogen and oxygen atoms in total. The number of carbonyl (C=O) groups excluding carboxylic acids is 1. The molecule has 0 aliphatic rings. The second-order valence-electron chi connectivity index (χ2n) is 5.07. The Hall–Kier alpha value is -2.34. The van der Waals surface area contributed by atoms with Crippen LogP contribution in [0.1, 0.15) is 21.5 Å². The van der Waals surface area contributed by atoms with Crippen molar-refractivity contribution in [3.63, 3.8) is 0 Å². The number of rotatable bonds is 6. The molecule has 2 rings (SSSR count). The normalized spacial score (nSPS) is 11.7. The van der Waals surface area contributed by atoms with Gasteiger partial charge in [0.25, 0.3) is 5.91 Å². The van der Waals surface area contributed by atoms with Crippen molar-refractivity contribution < 1.29 is 19.8 Å². The number of aromatic hydroxyl groups is 1. The Labute approximate surface area is 142 Å². The maximum absolute atomic E-state index is 12.2. The minimum atomic E-state index is -1.11. The third-order valence-corrected chi connectivity index (χ3v) is 3.97. The molecule has 1 amide bonds. The van der Waals surface area contributed by atoms with Gasteiger partial charge in [0, 0.05) is 17.3 Å². The number of halogens is 1. The molecule has 0 saturated heterocycles. The monoisotopic (exact) mass is 377 g/mol. The summed E-state index contributed by atoms with van der Waals surface area (Å²) in [6.07, 6.45) is 0.138. The van der Waals surface area contributed by atoms with Gasteiger partial charge in [-0.25, -0.2) is 4.79 Å². The van der Waals surface area contributed by atoms with Crippen molar-refractivity contribution in [2.75, 3.05) is 0 Å². The fourth-order valence-electron chi connectivity index (χ4n) is 2.11. The summed E-state index contributed by atoms with van der Waals surface area (Å²) in [7, 11) is 0. The molecule has 0 heterocycles. The standard InChI is InChI=1S/C17H16BrNO4/c18-10-12-2-1-3-13(8-12)16(21)19-15(17(22)23)9-11-4-6-14(20)7-5-11/h1-8,15,20H,9-10H2,(H,19,21)(H,22,23)/t15-/m0/s1. The predicted molar refractivity (Wildman–Crippen MR) is 89.8 cm³/mol. The molecule has 0 aromatic heterocycles. The lowest BCUT2D eigenvalue weighted by Crippen LogP contribution is -2.42. The average molecular weight is 378 g/mol. The number of alkyl halides is 1. The third kappa shape index (κ3) is 4.82. The van der Waals surface area contributed by atoms with Gasteiger partial charge < -0.3 is 15.5 Å². The molecular weight excluding hydrogens is 362 g/mol. The number of hydrogen-bond donors (Lipinski definition) is 3. The second kappa shape index (κ2) is 7.78. The number of amides is 1.